The molecule has 0 atom stereocenters. The zero-order valence-electron chi connectivity index (χ0n) is 13.9. The van der Waals surface area contributed by atoms with E-state index in [0.29, 0.717) is 0 Å². The van der Waals surface area contributed by atoms with Gasteiger partial charge in [-0.2, -0.15) is 5.10 Å². The summed E-state index contributed by atoms with van der Waals surface area (Å²) >= 11 is 0. The largest absolute Gasteiger partial charge is 0.300 e. The van der Waals surface area contributed by atoms with Gasteiger partial charge in [0.25, 0.3) is 0 Å². The van der Waals surface area contributed by atoms with Gasteiger partial charge in [-0.05, 0) is 29.8 Å². The summed E-state index contributed by atoms with van der Waals surface area (Å²) in [5.41, 5.74) is 7.21. The Morgan fingerprint density at radius 1 is 0.769 bits per heavy atom. The summed E-state index contributed by atoms with van der Waals surface area (Å²) in [5, 5.41) is 6.86. The molecule has 5 nitrogen and oxygen atoms in total. The standard InChI is InChI=1S/C21H15N5/c1-2-4-15(5-3-1)19-10-17(6-8-22-19)20-14-23-21-11-16(7-9-26(20)21)18-12-24-25-13-18/h1-14H,(H,24,25). The van der Waals surface area contributed by atoms with Crippen molar-refractivity contribution < 1.29 is 0 Å². The molecule has 0 bridgehead atoms. The Labute approximate surface area is 150 Å². The van der Waals surface area contributed by atoms with Crippen molar-refractivity contribution in [3.05, 3.63) is 85.6 Å². The minimum Gasteiger partial charge on any atom is -0.300 e. The van der Waals surface area contributed by atoms with Crippen LogP contribution in [0.15, 0.2) is 85.6 Å². The van der Waals surface area contributed by atoms with Crippen LogP contribution in [0.2, 0.25) is 0 Å². The number of pyridine rings is 2. The smallest absolute Gasteiger partial charge is 0.137 e. The van der Waals surface area contributed by atoms with Gasteiger partial charge >= 0.3 is 0 Å². The van der Waals surface area contributed by atoms with Crippen molar-refractivity contribution >= 4 is 5.65 Å². The van der Waals surface area contributed by atoms with Crippen LogP contribution in [0.4, 0.5) is 0 Å². The van der Waals surface area contributed by atoms with E-state index in [1.165, 1.54) is 0 Å². The lowest BCUT2D eigenvalue weighted by atomic mass is 10.1. The number of nitrogens with one attached hydrogen (secondary N) is 1. The van der Waals surface area contributed by atoms with Crippen molar-refractivity contribution in [2.24, 2.45) is 0 Å². The van der Waals surface area contributed by atoms with Gasteiger partial charge in [-0.25, -0.2) is 4.98 Å². The lowest BCUT2D eigenvalue weighted by Crippen LogP contribution is -1.90. The molecule has 124 valence electrons. The molecule has 0 amide bonds. The summed E-state index contributed by atoms with van der Waals surface area (Å²) in [5.74, 6) is 0. The van der Waals surface area contributed by atoms with Gasteiger partial charge in [0.15, 0.2) is 0 Å². The first-order valence-electron chi connectivity index (χ1n) is 8.36. The maximum absolute atomic E-state index is 4.58. The average molecular weight is 337 g/mol. The molecule has 0 aliphatic rings. The first kappa shape index (κ1) is 14.6. The molecule has 26 heavy (non-hydrogen) atoms. The molecule has 0 saturated heterocycles. The van der Waals surface area contributed by atoms with Crippen molar-refractivity contribution in [1.82, 2.24) is 24.6 Å². The van der Waals surface area contributed by atoms with E-state index in [0.717, 1.165) is 39.3 Å². The normalized spacial score (nSPS) is 11.1. The Kier molecular flexibility index (Phi) is 3.35. The number of benzene rings is 1. The van der Waals surface area contributed by atoms with Gasteiger partial charge < -0.3 is 0 Å². The van der Waals surface area contributed by atoms with Gasteiger partial charge in [0, 0.05) is 35.3 Å². The molecule has 1 aromatic carbocycles. The second-order valence-electron chi connectivity index (χ2n) is 6.07. The fraction of sp³-hybridized carbons (Fsp3) is 0. The first-order chi connectivity index (χ1) is 12.9. The van der Waals surface area contributed by atoms with Crippen LogP contribution in [0.25, 0.3) is 39.3 Å². The monoisotopic (exact) mass is 337 g/mol. The van der Waals surface area contributed by atoms with Crippen LogP contribution in [0.5, 0.6) is 0 Å². The highest BCUT2D eigenvalue weighted by atomic mass is 15.1. The summed E-state index contributed by atoms with van der Waals surface area (Å²) < 4.78 is 2.09. The third-order valence-electron chi connectivity index (χ3n) is 4.47. The maximum atomic E-state index is 4.58. The third kappa shape index (κ3) is 2.46. The Morgan fingerprint density at radius 3 is 2.54 bits per heavy atom. The molecule has 5 rings (SSSR count). The predicted octanol–water partition coefficient (Wildman–Crippen LogP) is 4.45. The number of fused-ring (bicyclic) bond motifs is 1. The SMILES string of the molecule is c1ccc(-c2cc(-c3cnc4cc(-c5cn[nH]c5)ccn34)ccn2)cc1. The summed E-state index contributed by atoms with van der Waals surface area (Å²) in [7, 11) is 0. The van der Waals surface area contributed by atoms with Crippen molar-refractivity contribution in [2.75, 3.05) is 0 Å². The summed E-state index contributed by atoms with van der Waals surface area (Å²) in [4.78, 5) is 9.09. The first-order valence-corrected chi connectivity index (χ1v) is 8.36. The molecular weight excluding hydrogens is 322 g/mol. The number of rotatable bonds is 3. The molecule has 0 fully saturated rings. The molecular formula is C21H15N5. The Morgan fingerprint density at radius 2 is 1.69 bits per heavy atom. The van der Waals surface area contributed by atoms with Crippen molar-refractivity contribution in [3.63, 3.8) is 0 Å². The van der Waals surface area contributed by atoms with Gasteiger partial charge in [-0.1, -0.05) is 30.3 Å². The van der Waals surface area contributed by atoms with Crippen molar-refractivity contribution in [1.29, 1.82) is 0 Å². The lowest BCUT2D eigenvalue weighted by Gasteiger charge is -2.06. The number of hydrogen-bond donors (Lipinski definition) is 1. The Hall–Kier alpha value is -3.73. The zero-order valence-corrected chi connectivity index (χ0v) is 13.9. The Bertz CT molecular complexity index is 1170. The van der Waals surface area contributed by atoms with Crippen LogP contribution in [0.3, 0.4) is 0 Å². The van der Waals surface area contributed by atoms with E-state index >= 15 is 0 Å². The highest BCUT2D eigenvalue weighted by Crippen LogP contribution is 2.27. The van der Waals surface area contributed by atoms with Gasteiger partial charge in [-0.15, -0.1) is 0 Å². The van der Waals surface area contributed by atoms with E-state index in [4.69, 9.17) is 0 Å². The van der Waals surface area contributed by atoms with Gasteiger partial charge in [0.1, 0.15) is 5.65 Å². The fourth-order valence-electron chi connectivity index (χ4n) is 3.14. The molecule has 4 aromatic heterocycles. The summed E-state index contributed by atoms with van der Waals surface area (Å²) in [6.45, 7) is 0. The van der Waals surface area contributed by atoms with E-state index in [-0.39, 0.29) is 0 Å². The summed E-state index contributed by atoms with van der Waals surface area (Å²) in [6, 6.07) is 18.4. The molecule has 0 saturated carbocycles. The molecule has 0 unspecified atom stereocenters. The quantitative estimate of drug-likeness (QED) is 0.529. The number of imidazole rings is 1. The van der Waals surface area contributed by atoms with E-state index in [1.807, 2.05) is 55.2 Å². The highest BCUT2D eigenvalue weighted by molar-refractivity contribution is 5.72. The second kappa shape index (κ2) is 5.97. The molecule has 4 heterocycles. The van der Waals surface area contributed by atoms with Gasteiger partial charge in [-0.3, -0.25) is 14.5 Å². The highest BCUT2D eigenvalue weighted by Gasteiger charge is 2.09. The minimum absolute atomic E-state index is 0.900. The number of H-pyrrole nitrogens is 1. The molecule has 0 radical (unpaired) electrons. The van der Waals surface area contributed by atoms with Gasteiger partial charge in [0.05, 0.1) is 23.8 Å². The topological polar surface area (TPSA) is 58.9 Å². The van der Waals surface area contributed by atoms with Crippen LogP contribution in [-0.4, -0.2) is 24.6 Å². The van der Waals surface area contributed by atoms with Crippen LogP contribution < -0.4 is 0 Å². The minimum atomic E-state index is 0.900. The van der Waals surface area contributed by atoms with E-state index in [9.17, 15) is 0 Å². The third-order valence-corrected chi connectivity index (χ3v) is 4.47. The summed E-state index contributed by atoms with van der Waals surface area (Å²) in [6.07, 6.45) is 9.48. The number of aromatic amines is 1. The molecule has 5 aromatic rings. The molecule has 1 N–H and O–H groups in total. The van der Waals surface area contributed by atoms with E-state index in [2.05, 4.69) is 54.9 Å². The van der Waals surface area contributed by atoms with Crippen LogP contribution >= 0.6 is 0 Å². The van der Waals surface area contributed by atoms with E-state index < -0.39 is 0 Å². The molecule has 0 spiro atoms. The predicted molar refractivity (Wildman–Crippen MR) is 101 cm³/mol. The van der Waals surface area contributed by atoms with Crippen LogP contribution in [0, 0.1) is 0 Å². The number of hydrogen-bond acceptors (Lipinski definition) is 3. The molecule has 0 aliphatic carbocycles. The van der Waals surface area contributed by atoms with Crippen LogP contribution in [0.1, 0.15) is 0 Å². The average Bonchev–Trinajstić information content (AvgIpc) is 3.38. The fourth-order valence-corrected chi connectivity index (χ4v) is 3.14. The van der Waals surface area contributed by atoms with Gasteiger partial charge in [0.2, 0.25) is 0 Å². The number of aromatic nitrogens is 5. The van der Waals surface area contributed by atoms with Crippen molar-refractivity contribution in [3.8, 4) is 33.6 Å². The van der Waals surface area contributed by atoms with Crippen molar-refractivity contribution in [2.45, 2.75) is 0 Å². The lowest BCUT2D eigenvalue weighted by molar-refractivity contribution is 1.09. The number of nitrogens with zero attached hydrogens (tertiary/aromatic N) is 4. The molecule has 0 aliphatic heterocycles. The van der Waals surface area contributed by atoms with Crippen LogP contribution in [-0.2, 0) is 0 Å². The molecule has 5 heteroatoms. The zero-order chi connectivity index (χ0) is 17.3. The Balaban J connectivity index is 1.59. The maximum Gasteiger partial charge on any atom is 0.137 e. The van der Waals surface area contributed by atoms with E-state index in [1.54, 1.807) is 0 Å². The second-order valence-corrected chi connectivity index (χ2v) is 6.07.